The molecular weight excluding hydrogens is 152 g/mol. The predicted octanol–water partition coefficient (Wildman–Crippen LogP) is 3.90. The molecule has 0 saturated heterocycles. The molecule has 0 atom stereocenters. The van der Waals surface area contributed by atoms with Crippen molar-refractivity contribution >= 4 is 12.6 Å². The Morgan fingerprint density at radius 1 is 1.00 bits per heavy atom. The first-order valence-corrected chi connectivity index (χ1v) is 4.92. The van der Waals surface area contributed by atoms with Gasteiger partial charge in [-0.1, -0.05) is 44.9 Å². The van der Waals surface area contributed by atoms with Crippen LogP contribution >= 0.6 is 12.6 Å². The molecular formula is C10H17S. The van der Waals surface area contributed by atoms with E-state index in [1.165, 1.54) is 38.5 Å². The van der Waals surface area contributed by atoms with Crippen molar-refractivity contribution in [3.05, 3.63) is 0 Å². The van der Waals surface area contributed by atoms with Crippen LogP contribution in [0.5, 0.6) is 0 Å². The Balaban J connectivity index is 2.83. The zero-order valence-electron chi connectivity index (χ0n) is 7.36. The summed E-state index contributed by atoms with van der Waals surface area (Å²) in [5, 5.41) is 2.50. The minimum absolute atomic E-state index is 0.996. The second kappa shape index (κ2) is 9.78. The predicted molar refractivity (Wildman–Crippen MR) is 53.4 cm³/mol. The molecule has 0 aromatic carbocycles. The molecule has 0 amide bonds. The molecule has 0 unspecified atom stereocenters. The molecule has 0 aliphatic carbocycles. The summed E-state index contributed by atoms with van der Waals surface area (Å²) in [4.78, 5) is 0. The Morgan fingerprint density at radius 2 is 1.64 bits per heavy atom. The summed E-state index contributed by atoms with van der Waals surface area (Å²) in [6, 6.07) is 0. The third-order valence-electron chi connectivity index (χ3n) is 1.73. The number of hydrogen-bond donors (Lipinski definition) is 0. The lowest BCUT2D eigenvalue weighted by molar-refractivity contribution is 0.614. The van der Waals surface area contributed by atoms with E-state index in [0.29, 0.717) is 0 Å². The highest BCUT2D eigenvalue weighted by Gasteiger charge is 1.87. The van der Waals surface area contributed by atoms with Crippen molar-refractivity contribution in [2.45, 2.75) is 51.9 Å². The van der Waals surface area contributed by atoms with Gasteiger partial charge in [-0.15, -0.1) is 0 Å². The van der Waals surface area contributed by atoms with Crippen LogP contribution < -0.4 is 0 Å². The zero-order chi connectivity index (χ0) is 8.36. The Hall–Kier alpha value is -0.220. The van der Waals surface area contributed by atoms with Gasteiger partial charge >= 0.3 is 0 Å². The Bertz CT molecular complexity index is 119. The molecule has 1 heteroatoms. The van der Waals surface area contributed by atoms with Crippen LogP contribution in [-0.4, -0.2) is 0 Å². The minimum atomic E-state index is 0.996. The van der Waals surface area contributed by atoms with Crippen LogP contribution in [0.1, 0.15) is 51.9 Å². The fraction of sp³-hybridized carbons (Fsp3) is 0.800. The van der Waals surface area contributed by atoms with Gasteiger partial charge in [0.05, 0.1) is 0 Å². The lowest BCUT2D eigenvalue weighted by Gasteiger charge is -1.95. The molecule has 0 fully saturated rings. The van der Waals surface area contributed by atoms with Crippen LogP contribution in [0, 0.1) is 11.2 Å². The highest BCUT2D eigenvalue weighted by atomic mass is 32.1. The van der Waals surface area contributed by atoms with E-state index >= 15 is 0 Å². The Morgan fingerprint density at radius 3 is 2.27 bits per heavy atom. The molecule has 0 aromatic heterocycles. The quantitative estimate of drug-likeness (QED) is 0.418. The molecule has 1 radical (unpaired) electrons. The van der Waals surface area contributed by atoms with Gasteiger partial charge < -0.3 is 0 Å². The second-order valence-electron chi connectivity index (χ2n) is 2.80. The monoisotopic (exact) mass is 169 g/mol. The van der Waals surface area contributed by atoms with E-state index in [1.807, 2.05) is 0 Å². The lowest BCUT2D eigenvalue weighted by Crippen LogP contribution is -1.77. The number of unbranched alkanes of at least 4 members (excludes halogenated alkanes) is 6. The summed E-state index contributed by atoms with van der Waals surface area (Å²) in [6.45, 7) is 2.24. The standard InChI is InChI=1S/C10H17S/c1-2-3-4-5-6-7-8-9-10-11/h2-8H2,1H3. The van der Waals surface area contributed by atoms with Crippen LogP contribution in [0.15, 0.2) is 0 Å². The van der Waals surface area contributed by atoms with E-state index < -0.39 is 0 Å². The summed E-state index contributed by atoms with van der Waals surface area (Å²) in [5.74, 6) is 2.90. The maximum Gasteiger partial charge on any atom is 0.0101 e. The Kier molecular flexibility index (Phi) is 9.58. The van der Waals surface area contributed by atoms with Crippen LogP contribution in [0.3, 0.4) is 0 Å². The van der Waals surface area contributed by atoms with Crippen LogP contribution in [0.4, 0.5) is 0 Å². The molecule has 0 N–H and O–H groups in total. The molecule has 0 rings (SSSR count). The van der Waals surface area contributed by atoms with E-state index in [-0.39, 0.29) is 0 Å². The van der Waals surface area contributed by atoms with Gasteiger partial charge in [-0.2, -0.15) is 0 Å². The van der Waals surface area contributed by atoms with Crippen molar-refractivity contribution < 1.29 is 0 Å². The van der Waals surface area contributed by atoms with Gasteiger partial charge in [0.2, 0.25) is 0 Å². The van der Waals surface area contributed by atoms with E-state index in [4.69, 9.17) is 0 Å². The molecule has 0 saturated carbocycles. The zero-order valence-corrected chi connectivity index (χ0v) is 8.17. The third kappa shape index (κ3) is 9.78. The van der Waals surface area contributed by atoms with Crippen molar-refractivity contribution in [3.8, 4) is 11.2 Å². The first-order chi connectivity index (χ1) is 5.41. The van der Waals surface area contributed by atoms with E-state index in [1.54, 1.807) is 0 Å². The maximum atomic E-state index is 4.51. The molecule has 0 bridgehead atoms. The first kappa shape index (κ1) is 10.8. The fourth-order valence-corrected chi connectivity index (χ4v) is 1.15. The average Bonchev–Trinajstić information content (AvgIpc) is 2.03. The SMILES string of the molecule is CCCCCCCCC#C[S]. The van der Waals surface area contributed by atoms with Crippen molar-refractivity contribution in [3.63, 3.8) is 0 Å². The summed E-state index contributed by atoms with van der Waals surface area (Å²) < 4.78 is 0. The molecule has 0 aromatic rings. The topological polar surface area (TPSA) is 0 Å². The summed E-state index contributed by atoms with van der Waals surface area (Å²) in [6.07, 6.45) is 9.01. The summed E-state index contributed by atoms with van der Waals surface area (Å²) in [7, 11) is 0. The van der Waals surface area contributed by atoms with E-state index in [0.717, 1.165) is 6.42 Å². The lowest BCUT2D eigenvalue weighted by atomic mass is 10.1. The fourth-order valence-electron chi connectivity index (χ4n) is 1.04. The van der Waals surface area contributed by atoms with Gasteiger partial charge in [-0.25, -0.2) is 0 Å². The van der Waals surface area contributed by atoms with Crippen molar-refractivity contribution in [2.75, 3.05) is 0 Å². The highest BCUT2D eigenvalue weighted by molar-refractivity contribution is 7.85. The first-order valence-electron chi connectivity index (χ1n) is 4.51. The van der Waals surface area contributed by atoms with Crippen LogP contribution in [-0.2, 0) is 0 Å². The molecule has 0 nitrogen and oxygen atoms in total. The maximum absolute atomic E-state index is 4.51. The second-order valence-corrected chi connectivity index (χ2v) is 3.00. The highest BCUT2D eigenvalue weighted by Crippen LogP contribution is 2.05. The van der Waals surface area contributed by atoms with Gasteiger partial charge in [0.25, 0.3) is 0 Å². The largest absolute Gasteiger partial charge is 0.0865 e. The minimum Gasteiger partial charge on any atom is -0.0865 e. The number of rotatable bonds is 6. The van der Waals surface area contributed by atoms with Crippen LogP contribution in [0.2, 0.25) is 0 Å². The van der Waals surface area contributed by atoms with Crippen molar-refractivity contribution in [1.82, 2.24) is 0 Å². The molecule has 63 valence electrons. The molecule has 0 spiro atoms. The smallest absolute Gasteiger partial charge is 0.0101 e. The van der Waals surface area contributed by atoms with Crippen LogP contribution in [0.25, 0.3) is 0 Å². The van der Waals surface area contributed by atoms with Gasteiger partial charge in [-0.05, 0) is 19.0 Å². The van der Waals surface area contributed by atoms with Gasteiger partial charge in [0.1, 0.15) is 0 Å². The van der Waals surface area contributed by atoms with Gasteiger partial charge in [0.15, 0.2) is 0 Å². The van der Waals surface area contributed by atoms with E-state index in [2.05, 4.69) is 30.7 Å². The molecule has 0 aliphatic rings. The van der Waals surface area contributed by atoms with Gasteiger partial charge in [-0.3, -0.25) is 0 Å². The van der Waals surface area contributed by atoms with Crippen molar-refractivity contribution in [2.24, 2.45) is 0 Å². The molecule has 11 heavy (non-hydrogen) atoms. The number of hydrogen-bond acceptors (Lipinski definition) is 0. The van der Waals surface area contributed by atoms with E-state index in [9.17, 15) is 0 Å². The van der Waals surface area contributed by atoms with Crippen molar-refractivity contribution in [1.29, 1.82) is 0 Å². The molecule has 0 heterocycles. The normalized spacial score (nSPS) is 8.82. The Labute approximate surface area is 76.2 Å². The third-order valence-corrected chi connectivity index (χ3v) is 1.87. The van der Waals surface area contributed by atoms with Gasteiger partial charge in [0, 0.05) is 11.7 Å². The summed E-state index contributed by atoms with van der Waals surface area (Å²) >= 11 is 4.51. The average molecular weight is 169 g/mol. The summed E-state index contributed by atoms with van der Waals surface area (Å²) in [5.41, 5.74) is 0. The molecule has 0 aliphatic heterocycles.